The lowest BCUT2D eigenvalue weighted by Gasteiger charge is -2.17. The molecule has 0 amide bonds. The fourth-order valence-electron chi connectivity index (χ4n) is 4.70. The molecule has 1 N–H and O–H groups in total. The number of allylic oxidation sites excluding steroid dienone is 1. The first kappa shape index (κ1) is 21.6. The third-order valence-corrected chi connectivity index (χ3v) is 7.55. The van der Waals surface area contributed by atoms with Crippen LogP contribution in [0.25, 0.3) is 22.4 Å². The number of fused-ring (bicyclic) bond motifs is 1. The van der Waals surface area contributed by atoms with Crippen LogP contribution in [-0.4, -0.2) is 41.6 Å². The highest BCUT2D eigenvalue weighted by molar-refractivity contribution is 7.11. The predicted octanol–water partition coefficient (Wildman–Crippen LogP) is 4.28. The molecular formula is C24H17ClN6O3S. The average Bonchev–Trinajstić information content (AvgIpc) is 3.64. The lowest BCUT2D eigenvalue weighted by molar-refractivity contribution is 0.0697. The monoisotopic (exact) mass is 504 g/mol. The summed E-state index contributed by atoms with van der Waals surface area (Å²) in [5.74, 6) is -0.942. The first-order valence-electron chi connectivity index (χ1n) is 10.8. The van der Waals surface area contributed by atoms with Crippen LogP contribution in [0.3, 0.4) is 0 Å². The molecule has 0 aliphatic carbocycles. The van der Waals surface area contributed by atoms with Gasteiger partial charge >= 0.3 is 5.97 Å². The molecule has 1 atom stereocenters. The molecule has 0 unspecified atom stereocenters. The van der Waals surface area contributed by atoms with Gasteiger partial charge in [0.1, 0.15) is 6.33 Å². The Labute approximate surface area is 207 Å². The number of carboxylic acids is 1. The minimum absolute atomic E-state index is 0.108. The maximum atomic E-state index is 13.3. The van der Waals surface area contributed by atoms with Crippen molar-refractivity contribution in [1.82, 2.24) is 24.8 Å². The zero-order valence-corrected chi connectivity index (χ0v) is 19.7. The van der Waals surface area contributed by atoms with Crippen LogP contribution in [0, 0.1) is 0 Å². The van der Waals surface area contributed by atoms with Crippen molar-refractivity contribution in [3.8, 4) is 16.8 Å². The number of pyridine rings is 1. The van der Waals surface area contributed by atoms with Gasteiger partial charge in [0.2, 0.25) is 0 Å². The van der Waals surface area contributed by atoms with Gasteiger partial charge in [-0.25, -0.2) is 4.79 Å². The summed E-state index contributed by atoms with van der Waals surface area (Å²) in [6, 6.07) is 10.6. The van der Waals surface area contributed by atoms with E-state index in [0.717, 1.165) is 51.5 Å². The number of aliphatic imine (C=N–C) groups is 1. The van der Waals surface area contributed by atoms with Crippen molar-refractivity contribution in [3.05, 3.63) is 85.8 Å². The minimum atomic E-state index is -0.942. The number of tetrazole rings is 1. The second-order valence-electron chi connectivity index (χ2n) is 8.37. The topological polar surface area (TPSA) is 115 Å². The lowest BCUT2D eigenvalue weighted by atomic mass is 10.0. The number of halogens is 1. The summed E-state index contributed by atoms with van der Waals surface area (Å²) < 4.78 is 3.36. The number of carbonyl (C=O) groups is 1. The van der Waals surface area contributed by atoms with Crippen LogP contribution < -0.4 is 5.56 Å². The average molecular weight is 505 g/mol. The molecule has 0 bridgehead atoms. The number of aromatic nitrogens is 5. The van der Waals surface area contributed by atoms with Crippen LogP contribution in [-0.2, 0) is 6.42 Å². The number of aromatic carboxylic acids is 1. The molecule has 0 fully saturated rings. The van der Waals surface area contributed by atoms with Gasteiger partial charge in [0.05, 0.1) is 17.3 Å². The van der Waals surface area contributed by atoms with Gasteiger partial charge in [-0.05, 0) is 64.7 Å². The van der Waals surface area contributed by atoms with E-state index < -0.39 is 5.97 Å². The smallest absolute Gasteiger partial charge is 0.336 e. The molecule has 0 saturated heterocycles. The quantitative estimate of drug-likeness (QED) is 0.434. The number of aryl methyl sites for hydroxylation is 1. The molecule has 5 heterocycles. The maximum absolute atomic E-state index is 13.3. The van der Waals surface area contributed by atoms with Gasteiger partial charge in [-0.15, -0.1) is 16.4 Å². The molecule has 2 aliphatic heterocycles. The van der Waals surface area contributed by atoms with Crippen molar-refractivity contribution in [2.75, 3.05) is 0 Å². The van der Waals surface area contributed by atoms with E-state index in [4.69, 9.17) is 11.6 Å². The predicted molar refractivity (Wildman–Crippen MR) is 133 cm³/mol. The van der Waals surface area contributed by atoms with Crippen LogP contribution in [0.5, 0.6) is 0 Å². The summed E-state index contributed by atoms with van der Waals surface area (Å²) in [6.45, 7) is 0. The Kier molecular flexibility index (Phi) is 5.19. The molecule has 3 aromatic heterocycles. The van der Waals surface area contributed by atoms with Crippen molar-refractivity contribution >= 4 is 40.2 Å². The molecule has 2 aliphatic rings. The highest BCUT2D eigenvalue weighted by Crippen LogP contribution is 2.37. The van der Waals surface area contributed by atoms with Crippen LogP contribution in [0.2, 0.25) is 5.02 Å². The van der Waals surface area contributed by atoms with E-state index in [1.807, 2.05) is 16.7 Å². The Morgan fingerprint density at radius 1 is 1.20 bits per heavy atom. The third kappa shape index (κ3) is 3.80. The fourth-order valence-corrected chi connectivity index (χ4v) is 5.76. The van der Waals surface area contributed by atoms with Gasteiger partial charge in [0.15, 0.2) is 0 Å². The van der Waals surface area contributed by atoms with E-state index in [2.05, 4.69) is 20.5 Å². The van der Waals surface area contributed by atoms with E-state index in [-0.39, 0.29) is 17.2 Å². The van der Waals surface area contributed by atoms with Crippen LogP contribution in [0.4, 0.5) is 0 Å². The Bertz CT molecular complexity index is 1600. The molecule has 174 valence electrons. The molecular weight excluding hydrogens is 488 g/mol. The van der Waals surface area contributed by atoms with E-state index in [1.54, 1.807) is 40.5 Å². The number of nitrogens with zero attached hydrogens (tertiary/aromatic N) is 6. The highest BCUT2D eigenvalue weighted by atomic mass is 35.5. The zero-order valence-electron chi connectivity index (χ0n) is 18.1. The first-order chi connectivity index (χ1) is 17.0. The first-order valence-corrected chi connectivity index (χ1v) is 12.1. The molecule has 0 radical (unpaired) electrons. The second kappa shape index (κ2) is 8.40. The summed E-state index contributed by atoms with van der Waals surface area (Å²) >= 11 is 7.67. The van der Waals surface area contributed by atoms with E-state index in [9.17, 15) is 14.7 Å². The third-order valence-electron chi connectivity index (χ3n) is 6.30. The summed E-state index contributed by atoms with van der Waals surface area (Å²) in [5, 5.41) is 22.8. The summed E-state index contributed by atoms with van der Waals surface area (Å²) in [5.41, 5.74) is 5.23. The van der Waals surface area contributed by atoms with E-state index >= 15 is 0 Å². The van der Waals surface area contributed by atoms with E-state index in [0.29, 0.717) is 11.4 Å². The lowest BCUT2D eigenvalue weighted by Crippen LogP contribution is -2.27. The van der Waals surface area contributed by atoms with Crippen LogP contribution in [0.1, 0.15) is 39.8 Å². The van der Waals surface area contributed by atoms with Gasteiger partial charge in [-0.2, -0.15) is 4.68 Å². The van der Waals surface area contributed by atoms with Gasteiger partial charge in [0, 0.05) is 50.9 Å². The van der Waals surface area contributed by atoms with Gasteiger partial charge in [-0.1, -0.05) is 11.6 Å². The normalized spacial score (nSPS) is 16.8. The molecule has 6 rings (SSSR count). The Morgan fingerprint density at radius 2 is 2.09 bits per heavy atom. The van der Waals surface area contributed by atoms with Crippen LogP contribution in [0.15, 0.2) is 64.1 Å². The molecule has 0 saturated carbocycles. The summed E-state index contributed by atoms with van der Waals surface area (Å²) in [7, 11) is 0. The standard InChI is InChI=1S/C24H17ClN6O3S/c25-16-1-3-20(30-12-27-28-29-30)18(9-16)13-5-17-2-4-21(31(17)23(32)8-13)19-6-14(10-26-19)22-7-15(11-35-22)24(33)34/h1,3,5,7-12,21H,2,4,6H2,(H,33,34)/t21-/m0/s1. The second-order valence-corrected chi connectivity index (χ2v) is 9.72. The number of thiophene rings is 1. The van der Waals surface area contributed by atoms with Gasteiger partial charge in [0.25, 0.3) is 5.56 Å². The van der Waals surface area contributed by atoms with Gasteiger partial charge < -0.3 is 9.67 Å². The van der Waals surface area contributed by atoms with Crippen LogP contribution >= 0.6 is 22.9 Å². The largest absolute Gasteiger partial charge is 0.478 e. The van der Waals surface area contributed by atoms with Crippen molar-refractivity contribution in [2.24, 2.45) is 4.99 Å². The molecule has 0 spiro atoms. The Hall–Kier alpha value is -3.89. The highest BCUT2D eigenvalue weighted by Gasteiger charge is 2.30. The Balaban J connectivity index is 1.31. The van der Waals surface area contributed by atoms with Crippen molar-refractivity contribution in [3.63, 3.8) is 0 Å². The van der Waals surface area contributed by atoms with Crippen molar-refractivity contribution in [2.45, 2.75) is 25.3 Å². The Morgan fingerprint density at radius 3 is 2.86 bits per heavy atom. The number of carboxylic acid groups (broad SMARTS) is 1. The number of benzene rings is 1. The maximum Gasteiger partial charge on any atom is 0.336 e. The molecule has 4 aromatic rings. The van der Waals surface area contributed by atoms with Crippen molar-refractivity contribution < 1.29 is 9.90 Å². The zero-order chi connectivity index (χ0) is 24.1. The molecule has 11 heteroatoms. The number of hydrogen-bond acceptors (Lipinski definition) is 7. The molecule has 35 heavy (non-hydrogen) atoms. The minimum Gasteiger partial charge on any atom is -0.478 e. The number of rotatable bonds is 5. The number of hydrogen-bond donors (Lipinski definition) is 1. The van der Waals surface area contributed by atoms with Gasteiger partial charge in [-0.3, -0.25) is 9.79 Å². The van der Waals surface area contributed by atoms with Crippen molar-refractivity contribution in [1.29, 1.82) is 0 Å². The van der Waals surface area contributed by atoms with E-state index in [1.165, 1.54) is 17.7 Å². The molecule has 9 nitrogen and oxygen atoms in total. The fraction of sp³-hybridized carbons (Fsp3) is 0.167. The SMILES string of the molecule is O=C(O)c1csc(C2=CN=C([C@@H]3CCc4cc(-c5cc(Cl)ccc5-n5cnnn5)cc(=O)n43)C2)c1. The summed E-state index contributed by atoms with van der Waals surface area (Å²) in [6.07, 6.45) is 5.40. The summed E-state index contributed by atoms with van der Waals surface area (Å²) in [4.78, 5) is 30.1. The molecule has 1 aromatic carbocycles.